The highest BCUT2D eigenvalue weighted by Crippen LogP contribution is 2.25. The SMILES string of the molecule is CC1CC(C)(C)OB(c2ccnn2C)O1. The normalized spacial score (nSPS) is 25.6. The fraction of sp³-hybridized carbons (Fsp3) is 0.700. The molecule has 1 aromatic rings. The standard InChI is InChI=1S/C10H17BN2O2/c1-8-7-10(2,3)15-11(14-8)9-5-6-12-13(9)4/h5-6,8H,7H2,1-4H3. The second kappa shape index (κ2) is 3.65. The summed E-state index contributed by atoms with van der Waals surface area (Å²) >= 11 is 0. The zero-order valence-electron chi connectivity index (χ0n) is 9.73. The predicted molar refractivity (Wildman–Crippen MR) is 58.9 cm³/mol. The second-order valence-corrected chi connectivity index (χ2v) is 4.74. The molecule has 1 aliphatic heterocycles. The van der Waals surface area contributed by atoms with Gasteiger partial charge >= 0.3 is 7.12 Å². The summed E-state index contributed by atoms with van der Waals surface area (Å²) in [6, 6.07) is 1.93. The van der Waals surface area contributed by atoms with E-state index in [9.17, 15) is 0 Å². The van der Waals surface area contributed by atoms with Crippen molar-refractivity contribution in [1.29, 1.82) is 0 Å². The molecule has 0 amide bonds. The van der Waals surface area contributed by atoms with Gasteiger partial charge in [-0.2, -0.15) is 5.10 Å². The Morgan fingerprint density at radius 2 is 2.33 bits per heavy atom. The third kappa shape index (κ3) is 2.24. The fourth-order valence-corrected chi connectivity index (χ4v) is 2.06. The van der Waals surface area contributed by atoms with E-state index in [2.05, 4.69) is 25.9 Å². The highest BCUT2D eigenvalue weighted by Gasteiger charge is 2.39. The molecule has 1 fully saturated rings. The first-order valence-electron chi connectivity index (χ1n) is 5.29. The van der Waals surface area contributed by atoms with Crippen LogP contribution in [0, 0.1) is 0 Å². The Bertz CT molecular complexity index is 351. The summed E-state index contributed by atoms with van der Waals surface area (Å²) in [5, 5.41) is 4.12. The van der Waals surface area contributed by atoms with E-state index < -0.39 is 0 Å². The van der Waals surface area contributed by atoms with E-state index in [0.717, 1.165) is 12.0 Å². The zero-order chi connectivity index (χ0) is 11.1. The van der Waals surface area contributed by atoms with E-state index in [1.807, 2.05) is 13.1 Å². The van der Waals surface area contributed by atoms with Gasteiger partial charge in [0.2, 0.25) is 0 Å². The average molecular weight is 208 g/mol. The van der Waals surface area contributed by atoms with Crippen molar-refractivity contribution in [2.75, 3.05) is 0 Å². The first kappa shape index (κ1) is 10.7. The molecule has 2 rings (SSSR count). The molecule has 82 valence electrons. The number of aryl methyl sites for hydroxylation is 1. The van der Waals surface area contributed by atoms with E-state index in [1.165, 1.54) is 0 Å². The van der Waals surface area contributed by atoms with Gasteiger partial charge in [0.25, 0.3) is 0 Å². The molecule has 1 aliphatic rings. The van der Waals surface area contributed by atoms with Crippen molar-refractivity contribution in [3.05, 3.63) is 12.3 Å². The maximum atomic E-state index is 5.89. The van der Waals surface area contributed by atoms with Gasteiger partial charge in [0.15, 0.2) is 0 Å². The van der Waals surface area contributed by atoms with Crippen LogP contribution in [0.4, 0.5) is 0 Å². The lowest BCUT2D eigenvalue weighted by Crippen LogP contribution is -2.53. The van der Waals surface area contributed by atoms with Gasteiger partial charge in [-0.3, -0.25) is 4.68 Å². The van der Waals surface area contributed by atoms with Crippen molar-refractivity contribution in [2.24, 2.45) is 7.05 Å². The lowest BCUT2D eigenvalue weighted by atomic mass is 9.79. The molecule has 1 saturated heterocycles. The van der Waals surface area contributed by atoms with Crippen molar-refractivity contribution in [1.82, 2.24) is 9.78 Å². The minimum absolute atomic E-state index is 0.132. The minimum atomic E-state index is -0.295. The largest absolute Gasteiger partial charge is 0.513 e. The monoisotopic (exact) mass is 208 g/mol. The maximum Gasteiger partial charge on any atom is 0.513 e. The van der Waals surface area contributed by atoms with Gasteiger partial charge in [-0.15, -0.1) is 0 Å². The molecule has 2 heterocycles. The predicted octanol–water partition coefficient (Wildman–Crippen LogP) is 0.719. The van der Waals surface area contributed by atoms with Crippen LogP contribution in [0.5, 0.6) is 0 Å². The molecule has 0 aromatic carbocycles. The van der Waals surface area contributed by atoms with Crippen molar-refractivity contribution >= 4 is 12.7 Å². The van der Waals surface area contributed by atoms with Crippen LogP contribution in [0.2, 0.25) is 0 Å². The van der Waals surface area contributed by atoms with E-state index in [0.29, 0.717) is 0 Å². The Morgan fingerprint density at radius 3 is 2.87 bits per heavy atom. The quantitative estimate of drug-likeness (QED) is 0.638. The van der Waals surface area contributed by atoms with Gasteiger partial charge in [-0.1, -0.05) is 0 Å². The van der Waals surface area contributed by atoms with Crippen LogP contribution in [-0.4, -0.2) is 28.6 Å². The molecule has 15 heavy (non-hydrogen) atoms. The highest BCUT2D eigenvalue weighted by atomic mass is 16.6. The highest BCUT2D eigenvalue weighted by molar-refractivity contribution is 6.60. The second-order valence-electron chi connectivity index (χ2n) is 4.74. The summed E-state index contributed by atoms with van der Waals surface area (Å²) in [4.78, 5) is 0. The van der Waals surface area contributed by atoms with Crippen LogP contribution < -0.4 is 5.59 Å². The van der Waals surface area contributed by atoms with E-state index in [-0.39, 0.29) is 18.8 Å². The third-order valence-electron chi connectivity index (χ3n) is 2.66. The van der Waals surface area contributed by atoms with Crippen LogP contribution in [0.25, 0.3) is 0 Å². The molecule has 0 spiro atoms. The summed E-state index contributed by atoms with van der Waals surface area (Å²) < 4.78 is 13.4. The Kier molecular flexibility index (Phi) is 2.60. The lowest BCUT2D eigenvalue weighted by molar-refractivity contribution is -0.0235. The van der Waals surface area contributed by atoms with E-state index >= 15 is 0 Å². The molecule has 0 radical (unpaired) electrons. The van der Waals surface area contributed by atoms with Crippen molar-refractivity contribution < 1.29 is 9.31 Å². The smallest absolute Gasteiger partial charge is 0.404 e. The van der Waals surface area contributed by atoms with Gasteiger partial charge in [0.05, 0.1) is 11.2 Å². The lowest BCUT2D eigenvalue weighted by Gasteiger charge is -2.38. The van der Waals surface area contributed by atoms with Crippen molar-refractivity contribution in [2.45, 2.75) is 38.9 Å². The van der Waals surface area contributed by atoms with Gasteiger partial charge in [0.1, 0.15) is 0 Å². The Hall–Kier alpha value is -0.805. The third-order valence-corrected chi connectivity index (χ3v) is 2.66. The van der Waals surface area contributed by atoms with E-state index in [4.69, 9.17) is 9.31 Å². The number of hydrogen-bond donors (Lipinski definition) is 0. The van der Waals surface area contributed by atoms with Gasteiger partial charge in [-0.25, -0.2) is 0 Å². The zero-order valence-corrected chi connectivity index (χ0v) is 9.73. The van der Waals surface area contributed by atoms with Crippen LogP contribution in [0.3, 0.4) is 0 Å². The Morgan fingerprint density at radius 1 is 1.60 bits per heavy atom. The molecule has 1 unspecified atom stereocenters. The van der Waals surface area contributed by atoms with Crippen LogP contribution in [0.15, 0.2) is 12.3 Å². The minimum Gasteiger partial charge on any atom is -0.404 e. The van der Waals surface area contributed by atoms with Crippen molar-refractivity contribution in [3.8, 4) is 0 Å². The van der Waals surface area contributed by atoms with Gasteiger partial charge < -0.3 is 9.31 Å². The van der Waals surface area contributed by atoms with E-state index in [1.54, 1.807) is 10.9 Å². The molecule has 5 heteroatoms. The van der Waals surface area contributed by atoms with Gasteiger partial charge in [-0.05, 0) is 33.3 Å². The number of nitrogens with zero attached hydrogens (tertiary/aromatic N) is 2. The maximum absolute atomic E-state index is 5.89. The molecule has 0 N–H and O–H groups in total. The first-order valence-corrected chi connectivity index (χ1v) is 5.29. The summed E-state index contributed by atoms with van der Waals surface area (Å²) in [7, 11) is 1.60. The first-order chi connectivity index (χ1) is 6.98. The molecular formula is C10H17BN2O2. The average Bonchev–Trinajstić information content (AvgIpc) is 2.47. The summed E-state index contributed by atoms with van der Waals surface area (Å²) in [6.45, 7) is 6.26. The summed E-state index contributed by atoms with van der Waals surface area (Å²) in [5.41, 5.74) is 0.835. The van der Waals surface area contributed by atoms with Gasteiger partial charge in [0, 0.05) is 19.3 Å². The molecular weight excluding hydrogens is 191 g/mol. The number of hydrogen-bond acceptors (Lipinski definition) is 3. The molecule has 1 aromatic heterocycles. The van der Waals surface area contributed by atoms with Crippen LogP contribution in [0.1, 0.15) is 27.2 Å². The molecule has 0 aliphatic carbocycles. The Labute approximate surface area is 90.7 Å². The summed E-state index contributed by atoms with van der Waals surface area (Å²) in [5.74, 6) is 0. The number of rotatable bonds is 1. The molecule has 1 atom stereocenters. The molecule has 0 saturated carbocycles. The van der Waals surface area contributed by atoms with Crippen molar-refractivity contribution in [3.63, 3.8) is 0 Å². The Balaban J connectivity index is 2.20. The van der Waals surface area contributed by atoms with Crippen LogP contribution in [-0.2, 0) is 16.4 Å². The fourth-order valence-electron chi connectivity index (χ4n) is 2.06. The topological polar surface area (TPSA) is 36.3 Å². The number of aromatic nitrogens is 2. The molecule has 4 nitrogen and oxygen atoms in total. The molecule has 0 bridgehead atoms. The summed E-state index contributed by atoms with van der Waals surface area (Å²) in [6.07, 6.45) is 2.89. The van der Waals surface area contributed by atoms with Crippen LogP contribution >= 0.6 is 0 Å².